The molecule has 0 aliphatic carbocycles. The van der Waals surface area contributed by atoms with Crippen molar-refractivity contribution in [2.75, 3.05) is 77.5 Å². The number of hydrogen-bond donors (Lipinski definition) is 35. The van der Waals surface area contributed by atoms with E-state index in [1.54, 1.807) is 50.4 Å². The molecule has 13 unspecified atom stereocenters. The van der Waals surface area contributed by atoms with Crippen molar-refractivity contribution in [3.05, 3.63) is 35.9 Å². The van der Waals surface area contributed by atoms with Crippen LogP contribution in [0.25, 0.3) is 0 Å². The molecule has 726 valence electrons. The van der Waals surface area contributed by atoms with Gasteiger partial charge in [0.15, 0.2) is 29.8 Å². The lowest BCUT2D eigenvalue weighted by molar-refractivity contribution is -0.142. The third-order valence-electron chi connectivity index (χ3n) is 19.3. The molecule has 52 heteroatoms. The fraction of sp³-hybridized carbons (Fsp3) is 0.649. The number of carbonyl (C=O) groups excluding carboxylic acids is 15. The Kier molecular flexibility index (Phi) is 57.5. The zero-order valence-electron chi connectivity index (χ0n) is 73.6. The number of nitrogens with one attached hydrogen (secondary N) is 24. The summed E-state index contributed by atoms with van der Waals surface area (Å²) in [6.07, 6.45) is 1.20. The minimum Gasteiger partial charge on any atom is -0.480 e. The third kappa shape index (κ3) is 51.0. The van der Waals surface area contributed by atoms with Crippen LogP contribution in [0.15, 0.2) is 30.3 Å². The van der Waals surface area contributed by atoms with Gasteiger partial charge >= 0.3 is 5.97 Å². The molecule has 1 aromatic carbocycles. The van der Waals surface area contributed by atoms with Crippen molar-refractivity contribution in [2.24, 2.45) is 57.5 Å². The van der Waals surface area contributed by atoms with Gasteiger partial charge in [-0.1, -0.05) is 44.2 Å². The molecule has 0 aliphatic heterocycles. The van der Waals surface area contributed by atoms with Gasteiger partial charge in [-0.3, -0.25) is 104 Å². The van der Waals surface area contributed by atoms with Crippen molar-refractivity contribution in [1.29, 1.82) is 27.0 Å². The summed E-state index contributed by atoms with van der Waals surface area (Å²) in [5, 5.41) is 107. The van der Waals surface area contributed by atoms with Crippen LogP contribution in [-0.2, 0) is 83.1 Å². The van der Waals surface area contributed by atoms with Gasteiger partial charge < -0.3 is 163 Å². The van der Waals surface area contributed by atoms with Gasteiger partial charge in [0.25, 0.3) is 0 Å². The maximum Gasteiger partial charge on any atom is 0.325 e. The quantitative estimate of drug-likeness (QED) is 0.0164. The van der Waals surface area contributed by atoms with Crippen molar-refractivity contribution in [3.8, 4) is 0 Å². The number of carbonyl (C=O) groups is 16. The number of nitrogens with two attached hydrogens (primary N) is 9. The lowest BCUT2D eigenvalue weighted by atomic mass is 10.00. The van der Waals surface area contributed by atoms with Gasteiger partial charge in [-0.2, -0.15) is 11.8 Å². The summed E-state index contributed by atoms with van der Waals surface area (Å²) < 4.78 is 0. The Balaban J connectivity index is 3.82. The molecule has 0 heterocycles. The summed E-state index contributed by atoms with van der Waals surface area (Å²) in [6, 6.07) is -11.3. The van der Waals surface area contributed by atoms with Crippen LogP contribution in [0.3, 0.4) is 0 Å². The average Bonchev–Trinajstić information content (AvgIpc) is 0.992. The van der Waals surface area contributed by atoms with E-state index in [4.69, 9.17) is 78.6 Å². The maximum absolute atomic E-state index is 14.9. The number of amides is 15. The third-order valence-corrected chi connectivity index (χ3v) is 19.9. The molecule has 44 N–H and O–H groups in total. The molecule has 0 fully saturated rings. The van der Waals surface area contributed by atoms with Crippen LogP contribution >= 0.6 is 11.8 Å². The van der Waals surface area contributed by atoms with Crippen molar-refractivity contribution in [1.82, 2.24) is 101 Å². The first-order valence-electron chi connectivity index (χ1n) is 42.5. The fourth-order valence-corrected chi connectivity index (χ4v) is 12.9. The predicted octanol–water partition coefficient (Wildman–Crippen LogP) is -10.7. The second-order valence-electron chi connectivity index (χ2n) is 30.6. The summed E-state index contributed by atoms with van der Waals surface area (Å²) in [7, 11) is 0. The van der Waals surface area contributed by atoms with Crippen LogP contribution in [-0.4, -0.2) is 291 Å². The monoisotopic (exact) mass is 1850 g/mol. The molecular formula is C77H139N33O18S. The number of unbranched alkanes of at least 4 members (excludes halogenated alkanes) is 2. The Morgan fingerprint density at radius 3 is 0.977 bits per heavy atom. The molecule has 0 aromatic heterocycles. The first kappa shape index (κ1) is 114. The van der Waals surface area contributed by atoms with E-state index in [0.29, 0.717) is 24.8 Å². The lowest BCUT2D eigenvalue weighted by Gasteiger charge is -2.28. The van der Waals surface area contributed by atoms with E-state index < -0.39 is 224 Å². The number of aliphatic carboxylic acids is 1. The number of aliphatic hydroxyl groups is 1. The minimum atomic E-state index is -1.94. The molecule has 0 saturated heterocycles. The van der Waals surface area contributed by atoms with Gasteiger partial charge in [-0.15, -0.1) is 0 Å². The van der Waals surface area contributed by atoms with Crippen molar-refractivity contribution in [2.45, 2.75) is 234 Å². The Bertz CT molecular complexity index is 3840. The molecule has 1 rings (SSSR count). The summed E-state index contributed by atoms with van der Waals surface area (Å²) in [4.78, 5) is 223. The number of carboxylic acids is 1. The molecule has 129 heavy (non-hydrogen) atoms. The summed E-state index contributed by atoms with van der Waals surface area (Å²) in [6.45, 7) is 2.75. The highest BCUT2D eigenvalue weighted by Gasteiger charge is 2.38. The molecule has 0 bridgehead atoms. The SMILES string of the molecule is CSCCC(NC(=O)C(CCC(N)=O)NC(=O)C(CO)NC(=O)C(CCCNC(=N)N)NC(=O)C(CCCCN)NC(=O)C(CCCNC(=N)N)NC(=O)C(CCCCN)NC(=O)CN)C(=O)NC(CC(C)C)C(=O)NC(Cc1ccccc1)C(=O)NC(CCCNC(=N)N)C(=O)NCC(=O)NC(CCCNC(=N)N)C(=O)NC(CCCNC(=N)N)C(=O)NC(C)C(=O)O. The Morgan fingerprint density at radius 1 is 0.349 bits per heavy atom. The fourth-order valence-electron chi connectivity index (χ4n) is 12.4. The highest BCUT2D eigenvalue weighted by atomic mass is 32.2. The topological polar surface area (TPSA) is 896 Å². The van der Waals surface area contributed by atoms with Crippen molar-refractivity contribution in [3.63, 3.8) is 0 Å². The first-order chi connectivity index (χ1) is 61.1. The highest BCUT2D eigenvalue weighted by Crippen LogP contribution is 2.15. The molecule has 0 spiro atoms. The van der Waals surface area contributed by atoms with E-state index >= 15 is 0 Å². The number of hydrogen-bond acceptors (Lipinski definition) is 26. The average molecular weight is 1850 g/mol. The van der Waals surface area contributed by atoms with Crippen molar-refractivity contribution >= 4 is 136 Å². The molecule has 13 atom stereocenters. The van der Waals surface area contributed by atoms with Crippen LogP contribution in [0.4, 0.5) is 0 Å². The second-order valence-corrected chi connectivity index (χ2v) is 31.6. The van der Waals surface area contributed by atoms with Gasteiger partial charge in [0, 0.05) is 45.6 Å². The number of carboxylic acid groups (broad SMARTS) is 1. The summed E-state index contributed by atoms with van der Waals surface area (Å²) in [5.41, 5.74) is 50.4. The standard InChI is InChI=1S/C77H139N33O18S/c1-42(2)37-54(69(124)109-55(38-44-17-6-5-7-18-44)70(125)101-45(21-12-31-92-73(82)83)60(115)97-40-59(114)100-47(22-13-32-93-74(84)85)63(118)103-49(23-14-33-94-75(86)87)61(116)98-43(3)72(127)128)108-68(123)53(28-36-129-4)107-67(122)52(26-27-57(81)112)106-71(126)56(41-111)110-66(121)51(25-16-35-96-77(90)91)105-64(119)48(20-9-11-30-79)102-65(120)50(24-15-34-95-76(88)89)104-62(117)46(19-8-10-29-78)99-58(113)39-80/h5-7,17-18,42-43,45-56,111H,8-16,19-41,78-80H2,1-4H3,(H2,81,112)(H,97,115)(H,98,116)(H,99,113)(H,100,114)(H,101,125)(H,102,120)(H,103,118)(H,104,117)(H,105,119)(H,106,126)(H,107,122)(H,108,123)(H,109,124)(H,110,121)(H,127,128)(H4,82,83,92)(H4,84,85,93)(H4,86,87,94)(H4,88,89,95)(H4,90,91,96). The van der Waals surface area contributed by atoms with Crippen molar-refractivity contribution < 1.29 is 86.9 Å². The molecule has 1 aromatic rings. The van der Waals surface area contributed by atoms with Crippen LogP contribution < -0.4 is 153 Å². The summed E-state index contributed by atoms with van der Waals surface area (Å²) in [5.74, 6) is -17.9. The smallest absolute Gasteiger partial charge is 0.325 e. The number of primary amides is 1. The first-order valence-corrected chi connectivity index (χ1v) is 43.8. The Morgan fingerprint density at radius 2 is 0.643 bits per heavy atom. The molecule has 51 nitrogen and oxygen atoms in total. The molecule has 15 amide bonds. The van der Waals surface area contributed by atoms with Gasteiger partial charge in [-0.05, 0) is 165 Å². The van der Waals surface area contributed by atoms with Gasteiger partial charge in [0.05, 0.1) is 19.7 Å². The highest BCUT2D eigenvalue weighted by molar-refractivity contribution is 7.98. The number of thioether (sulfide) groups is 1. The second kappa shape index (κ2) is 64.9. The van der Waals surface area contributed by atoms with Crippen LogP contribution in [0.5, 0.6) is 0 Å². The van der Waals surface area contributed by atoms with Crippen LogP contribution in [0.2, 0.25) is 0 Å². The zero-order chi connectivity index (χ0) is 97.1. The molecule has 0 radical (unpaired) electrons. The van der Waals surface area contributed by atoms with E-state index in [1.165, 1.54) is 18.7 Å². The van der Waals surface area contributed by atoms with Gasteiger partial charge in [-0.25, -0.2) is 0 Å². The number of aliphatic hydroxyl groups excluding tert-OH is 1. The predicted molar refractivity (Wildman–Crippen MR) is 480 cm³/mol. The lowest BCUT2D eigenvalue weighted by Crippen LogP contribution is -2.61. The van der Waals surface area contributed by atoms with E-state index in [0.717, 1.165) is 0 Å². The number of rotatable bonds is 68. The Labute approximate surface area is 753 Å². The van der Waals surface area contributed by atoms with Gasteiger partial charge in [0.1, 0.15) is 78.5 Å². The van der Waals surface area contributed by atoms with Crippen LogP contribution in [0.1, 0.15) is 155 Å². The maximum atomic E-state index is 14.9. The molecule has 0 saturated carbocycles. The largest absolute Gasteiger partial charge is 0.480 e. The number of benzene rings is 1. The van der Waals surface area contributed by atoms with E-state index in [9.17, 15) is 86.9 Å². The zero-order valence-corrected chi connectivity index (χ0v) is 74.4. The Hall–Kier alpha value is -12.7. The van der Waals surface area contributed by atoms with E-state index in [-0.39, 0.29) is 172 Å². The molecule has 0 aliphatic rings. The number of guanidine groups is 5. The van der Waals surface area contributed by atoms with E-state index in [1.807, 2.05) is 0 Å². The molecular weight excluding hydrogens is 1710 g/mol. The van der Waals surface area contributed by atoms with Gasteiger partial charge in [0.2, 0.25) is 88.6 Å². The van der Waals surface area contributed by atoms with Crippen LogP contribution in [0, 0.1) is 33.0 Å². The summed E-state index contributed by atoms with van der Waals surface area (Å²) >= 11 is 1.25. The van der Waals surface area contributed by atoms with E-state index in [2.05, 4.69) is 101 Å². The normalized spacial score (nSPS) is 13.9. The minimum absolute atomic E-state index is 0.000680.